The van der Waals surface area contributed by atoms with Crippen molar-refractivity contribution in [3.05, 3.63) is 28.5 Å². The van der Waals surface area contributed by atoms with Gasteiger partial charge in [-0.1, -0.05) is 22.9 Å². The van der Waals surface area contributed by atoms with Crippen LogP contribution in [0.2, 0.25) is 5.02 Å². The monoisotopic (exact) mass is 285 g/mol. The maximum atomic E-state index is 11.6. The van der Waals surface area contributed by atoms with Crippen LogP contribution in [0.5, 0.6) is 0 Å². The fourth-order valence-electron chi connectivity index (χ4n) is 1.38. The number of anilines is 1. The summed E-state index contributed by atoms with van der Waals surface area (Å²) in [5.74, 6) is -0.150. The van der Waals surface area contributed by atoms with E-state index in [1.54, 1.807) is 17.1 Å². The van der Waals surface area contributed by atoms with Crippen LogP contribution in [0.1, 0.15) is 16.1 Å². The molecule has 0 aliphatic heterocycles. The molecule has 18 heavy (non-hydrogen) atoms. The van der Waals surface area contributed by atoms with Crippen molar-refractivity contribution in [2.24, 2.45) is 0 Å². The van der Waals surface area contributed by atoms with E-state index in [0.29, 0.717) is 28.1 Å². The Morgan fingerprint density at radius 2 is 2.39 bits per heavy atom. The molecule has 0 saturated heterocycles. The second kappa shape index (κ2) is 5.83. The van der Waals surface area contributed by atoms with Gasteiger partial charge in [0.2, 0.25) is 0 Å². The third kappa shape index (κ3) is 3.44. The van der Waals surface area contributed by atoms with Gasteiger partial charge in [-0.25, -0.2) is 4.98 Å². The number of hydrogen-bond acceptors (Lipinski definition) is 5. The highest BCUT2D eigenvalue weighted by Crippen LogP contribution is 2.13. The van der Waals surface area contributed by atoms with Crippen molar-refractivity contribution in [2.45, 2.75) is 13.0 Å². The number of hydrogen-bond donors (Lipinski definition) is 2. The third-order valence-corrected chi connectivity index (χ3v) is 3.22. The topological polar surface area (TPSA) is 85.8 Å². The number of halogens is 1. The number of nitrogens with zero attached hydrogens (tertiary/aromatic N) is 3. The number of carbonyl (C=O) groups is 1. The Kier molecular flexibility index (Phi) is 4.16. The molecule has 6 nitrogen and oxygen atoms in total. The van der Waals surface area contributed by atoms with E-state index in [9.17, 15) is 4.79 Å². The Balaban J connectivity index is 1.71. The number of thiazole rings is 1. The molecule has 8 heteroatoms. The summed E-state index contributed by atoms with van der Waals surface area (Å²) in [4.78, 5) is 16.0. The van der Waals surface area contributed by atoms with Gasteiger partial charge in [0.05, 0.1) is 17.4 Å². The smallest absolute Gasteiger partial charge is 0.263 e. The van der Waals surface area contributed by atoms with Crippen molar-refractivity contribution in [3.8, 4) is 0 Å². The molecule has 0 fully saturated rings. The van der Waals surface area contributed by atoms with Gasteiger partial charge in [-0.2, -0.15) is 5.10 Å². The first kappa shape index (κ1) is 12.8. The zero-order valence-electron chi connectivity index (χ0n) is 9.47. The van der Waals surface area contributed by atoms with Crippen molar-refractivity contribution in [1.82, 2.24) is 20.1 Å². The second-order valence-corrected chi connectivity index (χ2v) is 5.09. The zero-order valence-corrected chi connectivity index (χ0v) is 11.0. The predicted octanol–water partition coefficient (Wildman–Crippen LogP) is 1.40. The zero-order chi connectivity index (χ0) is 13.0. The van der Waals surface area contributed by atoms with Gasteiger partial charge in [-0.15, -0.1) is 0 Å². The summed E-state index contributed by atoms with van der Waals surface area (Å²) >= 11 is 6.91. The van der Waals surface area contributed by atoms with Crippen molar-refractivity contribution in [1.29, 1.82) is 0 Å². The average Bonchev–Trinajstić information content (AvgIpc) is 2.93. The van der Waals surface area contributed by atoms with Gasteiger partial charge in [0.15, 0.2) is 5.13 Å². The van der Waals surface area contributed by atoms with Crippen LogP contribution in [-0.4, -0.2) is 27.2 Å². The summed E-state index contributed by atoms with van der Waals surface area (Å²) < 4.78 is 1.74. The fourth-order valence-corrected chi connectivity index (χ4v) is 2.14. The van der Waals surface area contributed by atoms with Gasteiger partial charge in [-0.3, -0.25) is 9.48 Å². The lowest BCUT2D eigenvalue weighted by atomic mass is 10.4. The highest BCUT2D eigenvalue weighted by molar-refractivity contribution is 7.17. The Labute approximate surface area is 113 Å². The molecular formula is C10H12ClN5OS. The molecule has 2 aromatic rings. The van der Waals surface area contributed by atoms with Crippen LogP contribution in [0.15, 0.2) is 18.6 Å². The Bertz CT molecular complexity index is 538. The van der Waals surface area contributed by atoms with E-state index in [1.807, 2.05) is 0 Å². The number of nitrogens with one attached hydrogen (secondary N) is 1. The van der Waals surface area contributed by atoms with E-state index in [2.05, 4.69) is 15.4 Å². The Morgan fingerprint density at radius 3 is 3.00 bits per heavy atom. The number of nitrogen functional groups attached to an aromatic ring is 1. The molecule has 0 radical (unpaired) electrons. The van der Waals surface area contributed by atoms with E-state index in [0.717, 1.165) is 6.42 Å². The predicted molar refractivity (Wildman–Crippen MR) is 70.7 cm³/mol. The average molecular weight is 286 g/mol. The second-order valence-electron chi connectivity index (χ2n) is 3.59. The summed E-state index contributed by atoms with van der Waals surface area (Å²) in [6, 6.07) is 0. The number of carbonyl (C=O) groups excluding carboxylic acids is 1. The van der Waals surface area contributed by atoms with E-state index in [4.69, 9.17) is 17.3 Å². The van der Waals surface area contributed by atoms with Gasteiger partial charge in [-0.05, 0) is 6.42 Å². The third-order valence-electron chi connectivity index (χ3n) is 2.20. The molecule has 2 rings (SSSR count). The molecular weight excluding hydrogens is 274 g/mol. The minimum atomic E-state index is -0.150. The Hall–Kier alpha value is -1.60. The van der Waals surface area contributed by atoms with Crippen LogP contribution >= 0.6 is 22.9 Å². The van der Waals surface area contributed by atoms with Crippen LogP contribution in [0.4, 0.5) is 5.13 Å². The number of aryl methyl sites for hydroxylation is 1. The molecule has 3 N–H and O–H groups in total. The summed E-state index contributed by atoms with van der Waals surface area (Å²) in [5, 5.41) is 7.84. The quantitative estimate of drug-likeness (QED) is 0.813. The Morgan fingerprint density at radius 1 is 1.56 bits per heavy atom. The van der Waals surface area contributed by atoms with Crippen LogP contribution in [0.25, 0.3) is 0 Å². The normalized spacial score (nSPS) is 10.5. The highest BCUT2D eigenvalue weighted by Gasteiger charge is 2.08. The molecule has 0 aromatic carbocycles. The first-order chi connectivity index (χ1) is 8.65. The molecule has 1 amide bonds. The number of rotatable bonds is 5. The lowest BCUT2D eigenvalue weighted by Gasteiger charge is -2.03. The first-order valence-corrected chi connectivity index (χ1v) is 6.52. The molecule has 96 valence electrons. The fraction of sp³-hybridized carbons (Fsp3) is 0.300. The van der Waals surface area contributed by atoms with Crippen molar-refractivity contribution in [2.75, 3.05) is 12.3 Å². The molecule has 0 saturated carbocycles. The van der Waals surface area contributed by atoms with Gasteiger partial charge in [0.1, 0.15) is 4.88 Å². The van der Waals surface area contributed by atoms with Gasteiger partial charge in [0, 0.05) is 19.3 Å². The minimum absolute atomic E-state index is 0.150. The summed E-state index contributed by atoms with van der Waals surface area (Å²) in [6.07, 6.45) is 5.58. The molecule has 0 atom stereocenters. The largest absolute Gasteiger partial charge is 0.375 e. The van der Waals surface area contributed by atoms with Gasteiger partial charge in [0.25, 0.3) is 5.91 Å². The summed E-state index contributed by atoms with van der Waals surface area (Å²) in [7, 11) is 0. The first-order valence-electron chi connectivity index (χ1n) is 5.32. The summed E-state index contributed by atoms with van der Waals surface area (Å²) in [6.45, 7) is 1.27. The maximum absolute atomic E-state index is 11.6. The number of aromatic nitrogens is 3. The standard InChI is InChI=1S/C10H12ClN5OS/c11-7-4-15-16(6-7)3-1-2-13-9(17)8-5-14-10(12)18-8/h4-6H,1-3H2,(H2,12,14)(H,13,17). The van der Waals surface area contributed by atoms with Crippen molar-refractivity contribution in [3.63, 3.8) is 0 Å². The van der Waals surface area contributed by atoms with E-state index in [1.165, 1.54) is 17.5 Å². The van der Waals surface area contributed by atoms with E-state index >= 15 is 0 Å². The molecule has 2 heterocycles. The molecule has 0 aliphatic rings. The SMILES string of the molecule is Nc1ncc(C(=O)NCCCn2cc(Cl)cn2)s1. The number of amides is 1. The lowest BCUT2D eigenvalue weighted by Crippen LogP contribution is -2.24. The molecule has 0 aliphatic carbocycles. The number of nitrogens with two attached hydrogens (primary N) is 1. The maximum Gasteiger partial charge on any atom is 0.263 e. The van der Waals surface area contributed by atoms with Crippen LogP contribution in [0, 0.1) is 0 Å². The molecule has 0 spiro atoms. The van der Waals surface area contributed by atoms with E-state index < -0.39 is 0 Å². The van der Waals surface area contributed by atoms with E-state index in [-0.39, 0.29) is 5.91 Å². The minimum Gasteiger partial charge on any atom is -0.375 e. The summed E-state index contributed by atoms with van der Waals surface area (Å²) in [5.41, 5.74) is 5.45. The van der Waals surface area contributed by atoms with Crippen LogP contribution in [0.3, 0.4) is 0 Å². The van der Waals surface area contributed by atoms with Gasteiger partial charge < -0.3 is 11.1 Å². The molecule has 0 bridgehead atoms. The lowest BCUT2D eigenvalue weighted by molar-refractivity contribution is 0.0956. The van der Waals surface area contributed by atoms with Crippen LogP contribution in [-0.2, 0) is 6.54 Å². The van der Waals surface area contributed by atoms with Crippen molar-refractivity contribution < 1.29 is 4.79 Å². The highest BCUT2D eigenvalue weighted by atomic mass is 35.5. The van der Waals surface area contributed by atoms with Crippen molar-refractivity contribution >= 4 is 34.0 Å². The van der Waals surface area contributed by atoms with Crippen LogP contribution < -0.4 is 11.1 Å². The van der Waals surface area contributed by atoms with Gasteiger partial charge >= 0.3 is 0 Å². The molecule has 2 aromatic heterocycles. The molecule has 0 unspecified atom stereocenters.